The monoisotopic (exact) mass is 381 g/mol. The Kier molecular flexibility index (Phi) is 5.81. The number of benzene rings is 2. The first kappa shape index (κ1) is 19.0. The van der Waals surface area contributed by atoms with E-state index in [1.807, 2.05) is 80.0 Å². The minimum Gasteiger partial charge on any atom is -0.378 e. The molecule has 0 unspecified atom stereocenters. The molecular weight excluding hydrogens is 358 g/mol. The van der Waals surface area contributed by atoms with Crippen molar-refractivity contribution < 1.29 is 4.79 Å². The van der Waals surface area contributed by atoms with E-state index in [1.54, 1.807) is 0 Å². The zero-order valence-electron chi connectivity index (χ0n) is 15.9. The molecule has 3 aromatic rings. The smallest absolute Gasteiger partial charge is 0.234 e. The zero-order valence-corrected chi connectivity index (χ0v) is 16.7. The van der Waals surface area contributed by atoms with Crippen molar-refractivity contribution in [2.45, 2.75) is 12.1 Å². The number of hydrogen-bond donors (Lipinski definition) is 1. The first-order valence-electron chi connectivity index (χ1n) is 8.60. The van der Waals surface area contributed by atoms with Gasteiger partial charge in [-0.3, -0.25) is 4.79 Å². The topological polar surface area (TPSA) is 63.1 Å². The van der Waals surface area contributed by atoms with Gasteiger partial charge < -0.3 is 14.8 Å². The van der Waals surface area contributed by atoms with Gasteiger partial charge in [0.2, 0.25) is 5.91 Å². The van der Waals surface area contributed by atoms with E-state index in [9.17, 15) is 4.79 Å². The number of aromatic nitrogens is 3. The maximum absolute atomic E-state index is 12.2. The predicted octanol–water partition coefficient (Wildman–Crippen LogP) is 3.59. The van der Waals surface area contributed by atoms with Crippen LogP contribution in [-0.2, 0) is 11.8 Å². The summed E-state index contributed by atoms with van der Waals surface area (Å²) in [5.74, 6) is 0.988. The van der Waals surface area contributed by atoms with Gasteiger partial charge in [0.25, 0.3) is 0 Å². The first-order valence-corrected chi connectivity index (χ1v) is 9.59. The normalized spacial score (nSPS) is 10.7. The molecule has 1 heterocycles. The van der Waals surface area contributed by atoms with Crippen molar-refractivity contribution >= 4 is 29.0 Å². The van der Waals surface area contributed by atoms with Crippen molar-refractivity contribution in [1.29, 1.82) is 0 Å². The van der Waals surface area contributed by atoms with Gasteiger partial charge in [0.1, 0.15) is 0 Å². The van der Waals surface area contributed by atoms with Crippen LogP contribution in [0.2, 0.25) is 0 Å². The van der Waals surface area contributed by atoms with Crippen LogP contribution >= 0.6 is 11.8 Å². The summed E-state index contributed by atoms with van der Waals surface area (Å²) in [6.07, 6.45) is 0. The van der Waals surface area contributed by atoms with Crippen molar-refractivity contribution in [2.24, 2.45) is 7.05 Å². The Balaban J connectivity index is 1.67. The Morgan fingerprint density at radius 1 is 1.15 bits per heavy atom. The summed E-state index contributed by atoms with van der Waals surface area (Å²) >= 11 is 1.37. The lowest BCUT2D eigenvalue weighted by atomic mass is 10.2. The number of nitrogens with one attached hydrogen (secondary N) is 1. The van der Waals surface area contributed by atoms with Gasteiger partial charge in [0.15, 0.2) is 11.0 Å². The average molecular weight is 382 g/mol. The van der Waals surface area contributed by atoms with Crippen molar-refractivity contribution in [3.05, 3.63) is 54.1 Å². The molecule has 0 aliphatic rings. The summed E-state index contributed by atoms with van der Waals surface area (Å²) in [5, 5.41) is 12.2. The van der Waals surface area contributed by atoms with Crippen molar-refractivity contribution in [2.75, 3.05) is 30.1 Å². The summed E-state index contributed by atoms with van der Waals surface area (Å²) in [6, 6.07) is 15.9. The second kappa shape index (κ2) is 8.26. The Morgan fingerprint density at radius 2 is 1.93 bits per heavy atom. The van der Waals surface area contributed by atoms with Crippen LogP contribution in [0.3, 0.4) is 0 Å². The van der Waals surface area contributed by atoms with Crippen LogP contribution in [0.1, 0.15) is 5.56 Å². The molecule has 0 fully saturated rings. The highest BCUT2D eigenvalue weighted by Crippen LogP contribution is 2.25. The van der Waals surface area contributed by atoms with Crippen LogP contribution in [0.4, 0.5) is 11.4 Å². The lowest BCUT2D eigenvalue weighted by molar-refractivity contribution is -0.113. The summed E-state index contributed by atoms with van der Waals surface area (Å²) in [7, 11) is 5.92. The number of thioether (sulfide) groups is 1. The molecule has 7 heteroatoms. The fraction of sp³-hybridized carbons (Fsp3) is 0.250. The number of carbonyl (C=O) groups is 1. The molecule has 6 nitrogen and oxygen atoms in total. The predicted molar refractivity (Wildman–Crippen MR) is 111 cm³/mol. The highest BCUT2D eigenvalue weighted by Gasteiger charge is 2.13. The highest BCUT2D eigenvalue weighted by molar-refractivity contribution is 7.99. The lowest BCUT2D eigenvalue weighted by Gasteiger charge is -2.13. The molecule has 3 rings (SSSR count). The molecule has 0 aliphatic heterocycles. The minimum absolute atomic E-state index is 0.0650. The van der Waals surface area contributed by atoms with E-state index in [-0.39, 0.29) is 11.7 Å². The van der Waals surface area contributed by atoms with Gasteiger partial charge in [0.05, 0.1) is 5.75 Å². The number of nitrogens with zero attached hydrogens (tertiary/aromatic N) is 4. The molecular formula is C20H23N5OS. The first-order chi connectivity index (χ1) is 12.9. The largest absolute Gasteiger partial charge is 0.378 e. The average Bonchev–Trinajstić information content (AvgIpc) is 3.00. The Hall–Kier alpha value is -2.80. The Bertz CT molecular complexity index is 951. The highest BCUT2D eigenvalue weighted by atomic mass is 32.2. The molecule has 0 radical (unpaired) electrons. The third kappa shape index (κ3) is 4.68. The fourth-order valence-corrected chi connectivity index (χ4v) is 3.38. The zero-order chi connectivity index (χ0) is 19.4. The van der Waals surface area contributed by atoms with E-state index in [2.05, 4.69) is 21.6 Å². The van der Waals surface area contributed by atoms with Gasteiger partial charge in [-0.05, 0) is 36.8 Å². The van der Waals surface area contributed by atoms with Crippen LogP contribution in [-0.4, -0.2) is 40.5 Å². The SMILES string of the molecule is Cc1cccc(NC(=O)CSc2nnc(-c3cccc(N(C)C)c3)n2C)c1. The molecule has 1 amide bonds. The molecule has 1 aromatic heterocycles. The molecule has 0 saturated carbocycles. The number of rotatable bonds is 6. The number of carbonyl (C=O) groups excluding carboxylic acids is 1. The van der Waals surface area contributed by atoms with Crippen LogP contribution in [0, 0.1) is 6.92 Å². The van der Waals surface area contributed by atoms with Gasteiger partial charge in [-0.15, -0.1) is 10.2 Å². The summed E-state index contributed by atoms with van der Waals surface area (Å²) < 4.78 is 1.92. The van der Waals surface area contributed by atoms with Gasteiger partial charge in [-0.1, -0.05) is 36.0 Å². The van der Waals surface area contributed by atoms with E-state index in [0.29, 0.717) is 5.16 Å². The van der Waals surface area contributed by atoms with Crippen LogP contribution in [0.15, 0.2) is 53.7 Å². The van der Waals surface area contributed by atoms with E-state index in [0.717, 1.165) is 28.3 Å². The van der Waals surface area contributed by atoms with Gasteiger partial charge >= 0.3 is 0 Å². The van der Waals surface area contributed by atoms with Crippen LogP contribution in [0.5, 0.6) is 0 Å². The third-order valence-corrected chi connectivity index (χ3v) is 5.11. The number of hydrogen-bond acceptors (Lipinski definition) is 5. The number of aryl methyl sites for hydroxylation is 1. The van der Waals surface area contributed by atoms with E-state index in [4.69, 9.17) is 0 Å². The molecule has 0 atom stereocenters. The second-order valence-corrected chi connectivity index (χ2v) is 7.46. The van der Waals surface area contributed by atoms with Crippen LogP contribution < -0.4 is 10.2 Å². The molecule has 27 heavy (non-hydrogen) atoms. The maximum atomic E-state index is 12.2. The van der Waals surface area contributed by atoms with E-state index < -0.39 is 0 Å². The lowest BCUT2D eigenvalue weighted by Crippen LogP contribution is -2.14. The Labute approximate surface area is 163 Å². The second-order valence-electron chi connectivity index (χ2n) is 6.52. The molecule has 0 bridgehead atoms. The van der Waals surface area contributed by atoms with E-state index >= 15 is 0 Å². The van der Waals surface area contributed by atoms with E-state index in [1.165, 1.54) is 11.8 Å². The number of anilines is 2. The van der Waals surface area contributed by atoms with Crippen LogP contribution in [0.25, 0.3) is 11.4 Å². The van der Waals surface area contributed by atoms with Crippen molar-refractivity contribution in [3.8, 4) is 11.4 Å². The van der Waals surface area contributed by atoms with Gasteiger partial charge in [-0.25, -0.2) is 0 Å². The standard InChI is InChI=1S/C20H23N5OS/c1-14-7-5-9-16(11-14)21-18(26)13-27-20-23-22-19(25(20)4)15-8-6-10-17(12-15)24(2)3/h5-12H,13H2,1-4H3,(H,21,26). The quantitative estimate of drug-likeness (QED) is 0.661. The van der Waals surface area contributed by atoms with Crippen molar-refractivity contribution in [3.63, 3.8) is 0 Å². The molecule has 0 aliphatic carbocycles. The third-order valence-electron chi connectivity index (χ3n) is 4.09. The van der Waals surface area contributed by atoms with Crippen molar-refractivity contribution in [1.82, 2.24) is 14.8 Å². The summed E-state index contributed by atoms with van der Waals surface area (Å²) in [5.41, 5.74) is 4.01. The summed E-state index contributed by atoms with van der Waals surface area (Å²) in [6.45, 7) is 2.00. The van der Waals surface area contributed by atoms with Gasteiger partial charge in [-0.2, -0.15) is 0 Å². The Morgan fingerprint density at radius 3 is 2.67 bits per heavy atom. The fourth-order valence-electron chi connectivity index (χ4n) is 2.67. The molecule has 1 N–H and O–H groups in total. The molecule has 140 valence electrons. The summed E-state index contributed by atoms with van der Waals surface area (Å²) in [4.78, 5) is 14.3. The molecule has 0 saturated heterocycles. The maximum Gasteiger partial charge on any atom is 0.234 e. The molecule has 0 spiro atoms. The number of amides is 1. The van der Waals surface area contributed by atoms with Gasteiger partial charge in [0, 0.05) is 38.1 Å². The molecule has 2 aromatic carbocycles. The minimum atomic E-state index is -0.0650.